The molecule has 0 saturated carbocycles. The number of carbonyl (C=O) groups is 1. The van der Waals surface area contributed by atoms with Crippen molar-refractivity contribution >= 4 is 33.1 Å². The highest BCUT2D eigenvalue weighted by Gasteiger charge is 2.20. The number of hydrogen-bond donors (Lipinski definition) is 2. The SMILES string of the molecule is CC(CN1CCCC1)NC(=O)c1sc2nnccc2c1N. The second-order valence-corrected chi connectivity index (χ2v) is 6.48. The summed E-state index contributed by atoms with van der Waals surface area (Å²) in [6, 6.07) is 1.89. The zero-order valence-electron chi connectivity index (χ0n) is 12.0. The molecule has 1 unspecified atom stereocenters. The second-order valence-electron chi connectivity index (χ2n) is 5.48. The summed E-state index contributed by atoms with van der Waals surface area (Å²) in [5.74, 6) is -0.123. The van der Waals surface area contributed by atoms with Crippen LogP contribution in [0.1, 0.15) is 29.4 Å². The summed E-state index contributed by atoms with van der Waals surface area (Å²) in [6.45, 7) is 5.16. The van der Waals surface area contributed by atoms with E-state index in [1.165, 1.54) is 24.2 Å². The van der Waals surface area contributed by atoms with Crippen molar-refractivity contribution in [2.45, 2.75) is 25.8 Å². The van der Waals surface area contributed by atoms with E-state index < -0.39 is 0 Å². The molecule has 7 heteroatoms. The molecule has 3 N–H and O–H groups in total. The van der Waals surface area contributed by atoms with Crippen LogP contribution in [0.25, 0.3) is 10.2 Å². The number of hydrogen-bond acceptors (Lipinski definition) is 6. The highest BCUT2D eigenvalue weighted by Crippen LogP contribution is 2.31. The molecule has 3 rings (SSSR count). The number of nitrogens with zero attached hydrogens (tertiary/aromatic N) is 3. The van der Waals surface area contributed by atoms with Gasteiger partial charge in [-0.25, -0.2) is 0 Å². The Morgan fingerprint density at radius 3 is 3.00 bits per heavy atom. The fraction of sp³-hybridized carbons (Fsp3) is 0.500. The molecule has 1 aliphatic rings. The third-order valence-electron chi connectivity index (χ3n) is 3.73. The van der Waals surface area contributed by atoms with Gasteiger partial charge < -0.3 is 16.0 Å². The average Bonchev–Trinajstić information content (AvgIpc) is 3.07. The van der Waals surface area contributed by atoms with Gasteiger partial charge in [-0.15, -0.1) is 16.4 Å². The maximum absolute atomic E-state index is 12.4. The lowest BCUT2D eigenvalue weighted by molar-refractivity contribution is 0.0937. The lowest BCUT2D eigenvalue weighted by Crippen LogP contribution is -2.41. The van der Waals surface area contributed by atoms with Gasteiger partial charge in [-0.1, -0.05) is 0 Å². The number of fused-ring (bicyclic) bond motifs is 1. The smallest absolute Gasteiger partial charge is 0.263 e. The van der Waals surface area contributed by atoms with Gasteiger partial charge in [-0.3, -0.25) is 4.79 Å². The van der Waals surface area contributed by atoms with E-state index in [2.05, 4.69) is 20.4 Å². The first-order valence-corrected chi connectivity index (χ1v) is 7.99. The van der Waals surface area contributed by atoms with Crippen molar-refractivity contribution in [1.29, 1.82) is 0 Å². The Hall–Kier alpha value is -1.73. The van der Waals surface area contributed by atoms with Crippen LogP contribution in [0.4, 0.5) is 5.69 Å². The van der Waals surface area contributed by atoms with Gasteiger partial charge in [-0.2, -0.15) is 5.10 Å². The minimum Gasteiger partial charge on any atom is -0.397 e. The van der Waals surface area contributed by atoms with Gasteiger partial charge in [0.1, 0.15) is 9.71 Å². The topological polar surface area (TPSA) is 84.1 Å². The second kappa shape index (κ2) is 5.95. The predicted octanol–water partition coefficient (Wildman–Crippen LogP) is 1.49. The van der Waals surface area contributed by atoms with Crippen LogP contribution in [0.2, 0.25) is 0 Å². The summed E-state index contributed by atoms with van der Waals surface area (Å²) in [5, 5.41) is 11.7. The van der Waals surface area contributed by atoms with E-state index in [0.29, 0.717) is 15.4 Å². The summed E-state index contributed by atoms with van der Waals surface area (Å²) < 4.78 is 0. The van der Waals surface area contributed by atoms with Gasteiger partial charge >= 0.3 is 0 Å². The first kappa shape index (κ1) is 14.2. The number of likely N-dealkylation sites (tertiary alicyclic amines) is 1. The molecule has 1 fully saturated rings. The summed E-state index contributed by atoms with van der Waals surface area (Å²) in [4.78, 5) is 16.0. The maximum atomic E-state index is 12.4. The third kappa shape index (κ3) is 2.98. The van der Waals surface area contributed by atoms with Crippen molar-refractivity contribution in [1.82, 2.24) is 20.4 Å². The molecule has 1 saturated heterocycles. The van der Waals surface area contributed by atoms with Gasteiger partial charge in [0.15, 0.2) is 0 Å². The van der Waals surface area contributed by atoms with Crippen LogP contribution in [-0.4, -0.2) is 46.7 Å². The van der Waals surface area contributed by atoms with E-state index in [1.54, 1.807) is 12.3 Å². The van der Waals surface area contributed by atoms with E-state index in [4.69, 9.17) is 5.73 Å². The van der Waals surface area contributed by atoms with Crippen molar-refractivity contribution in [2.24, 2.45) is 0 Å². The Bertz CT molecular complexity index is 650. The van der Waals surface area contributed by atoms with Gasteiger partial charge in [-0.05, 0) is 38.9 Å². The Balaban J connectivity index is 1.70. The Labute approximate surface area is 127 Å². The van der Waals surface area contributed by atoms with E-state index in [-0.39, 0.29) is 11.9 Å². The lowest BCUT2D eigenvalue weighted by Gasteiger charge is -2.21. The molecule has 0 aromatic carbocycles. The molecule has 0 aliphatic carbocycles. The maximum Gasteiger partial charge on any atom is 0.263 e. The molecule has 3 heterocycles. The van der Waals surface area contributed by atoms with Crippen LogP contribution < -0.4 is 11.1 Å². The minimum atomic E-state index is -0.123. The molecule has 0 spiro atoms. The first-order valence-electron chi connectivity index (χ1n) is 7.18. The molecular formula is C14H19N5OS. The molecule has 112 valence electrons. The molecular weight excluding hydrogens is 286 g/mol. The third-order valence-corrected chi connectivity index (χ3v) is 4.84. The zero-order chi connectivity index (χ0) is 14.8. The van der Waals surface area contributed by atoms with Crippen molar-refractivity contribution in [3.05, 3.63) is 17.1 Å². The average molecular weight is 305 g/mol. The van der Waals surface area contributed by atoms with E-state index in [0.717, 1.165) is 25.0 Å². The summed E-state index contributed by atoms with van der Waals surface area (Å²) in [5.41, 5.74) is 6.55. The van der Waals surface area contributed by atoms with Crippen LogP contribution in [-0.2, 0) is 0 Å². The molecule has 21 heavy (non-hydrogen) atoms. The van der Waals surface area contributed by atoms with Gasteiger partial charge in [0.05, 0.1) is 11.9 Å². The number of amides is 1. The number of carbonyl (C=O) groups excluding carboxylic acids is 1. The summed E-state index contributed by atoms with van der Waals surface area (Å²) in [6.07, 6.45) is 4.09. The van der Waals surface area contributed by atoms with E-state index >= 15 is 0 Å². The molecule has 1 atom stereocenters. The number of anilines is 1. The van der Waals surface area contributed by atoms with Gasteiger partial charge in [0.2, 0.25) is 0 Å². The molecule has 2 aromatic heterocycles. The summed E-state index contributed by atoms with van der Waals surface area (Å²) in [7, 11) is 0. The number of nitrogen functional groups attached to an aromatic ring is 1. The molecule has 6 nitrogen and oxygen atoms in total. The predicted molar refractivity (Wildman–Crippen MR) is 84.4 cm³/mol. The molecule has 1 amide bonds. The van der Waals surface area contributed by atoms with Crippen LogP contribution >= 0.6 is 11.3 Å². The minimum absolute atomic E-state index is 0.103. The zero-order valence-corrected chi connectivity index (χ0v) is 12.8. The quantitative estimate of drug-likeness (QED) is 0.894. The van der Waals surface area contributed by atoms with Crippen LogP contribution in [0.15, 0.2) is 12.3 Å². The molecule has 1 aliphatic heterocycles. The molecule has 0 radical (unpaired) electrons. The largest absolute Gasteiger partial charge is 0.397 e. The Morgan fingerprint density at radius 1 is 1.52 bits per heavy atom. The monoisotopic (exact) mass is 305 g/mol. The Morgan fingerprint density at radius 2 is 2.29 bits per heavy atom. The van der Waals surface area contributed by atoms with Crippen molar-refractivity contribution in [3.63, 3.8) is 0 Å². The number of thiophene rings is 1. The number of aromatic nitrogens is 2. The molecule has 0 bridgehead atoms. The van der Waals surface area contributed by atoms with Gasteiger partial charge in [0.25, 0.3) is 5.91 Å². The number of rotatable bonds is 4. The van der Waals surface area contributed by atoms with Crippen LogP contribution in [0, 0.1) is 0 Å². The van der Waals surface area contributed by atoms with Crippen LogP contribution in [0.5, 0.6) is 0 Å². The van der Waals surface area contributed by atoms with Crippen molar-refractivity contribution in [3.8, 4) is 0 Å². The normalized spacial score (nSPS) is 17.2. The van der Waals surface area contributed by atoms with Crippen LogP contribution in [0.3, 0.4) is 0 Å². The number of nitrogens with one attached hydrogen (secondary N) is 1. The van der Waals surface area contributed by atoms with Gasteiger partial charge in [0, 0.05) is 18.0 Å². The van der Waals surface area contributed by atoms with E-state index in [9.17, 15) is 4.79 Å². The van der Waals surface area contributed by atoms with E-state index in [1.807, 2.05) is 6.92 Å². The Kier molecular flexibility index (Phi) is 4.03. The van der Waals surface area contributed by atoms with Crippen molar-refractivity contribution < 1.29 is 4.79 Å². The standard InChI is InChI=1S/C14H19N5OS/c1-9(8-19-6-2-3-7-19)17-13(20)12-11(15)10-4-5-16-18-14(10)21-12/h4-5,9H,2-3,6-8,15H2,1H3,(H,17,20). The highest BCUT2D eigenvalue weighted by atomic mass is 32.1. The van der Waals surface area contributed by atoms with Crippen molar-refractivity contribution in [2.75, 3.05) is 25.4 Å². The summed E-state index contributed by atoms with van der Waals surface area (Å²) >= 11 is 1.29. The number of nitrogens with two attached hydrogens (primary N) is 1. The first-order chi connectivity index (χ1) is 10.1. The fourth-order valence-corrected chi connectivity index (χ4v) is 3.67. The lowest BCUT2D eigenvalue weighted by atomic mass is 10.2. The molecule has 2 aromatic rings. The fourth-order valence-electron chi connectivity index (χ4n) is 2.73. The highest BCUT2D eigenvalue weighted by molar-refractivity contribution is 7.21.